The quantitative estimate of drug-likeness (QED) is 0.715. The molecule has 2 heterocycles. The molecular formula is C15H15Cl2NOS. The highest BCUT2D eigenvalue weighted by Crippen LogP contribution is 2.37. The van der Waals surface area contributed by atoms with Crippen molar-refractivity contribution in [3.63, 3.8) is 0 Å². The third kappa shape index (κ3) is 2.54. The van der Waals surface area contributed by atoms with Gasteiger partial charge in [-0.05, 0) is 30.9 Å². The van der Waals surface area contributed by atoms with Gasteiger partial charge < -0.3 is 4.90 Å². The molecule has 106 valence electrons. The van der Waals surface area contributed by atoms with Gasteiger partial charge in [0, 0.05) is 28.2 Å². The SMILES string of the molecule is CC1CCN(C(=O)c2sc3cc(Cl)ccc3c2Cl)CC1. The summed E-state index contributed by atoms with van der Waals surface area (Å²) in [6, 6.07) is 5.55. The molecule has 1 aromatic heterocycles. The monoisotopic (exact) mass is 327 g/mol. The number of rotatable bonds is 1. The lowest BCUT2D eigenvalue weighted by molar-refractivity contribution is 0.0702. The molecule has 0 spiro atoms. The van der Waals surface area contributed by atoms with Gasteiger partial charge in [-0.25, -0.2) is 0 Å². The minimum absolute atomic E-state index is 0.0548. The molecule has 20 heavy (non-hydrogen) atoms. The van der Waals surface area contributed by atoms with Crippen LogP contribution in [0.25, 0.3) is 10.1 Å². The van der Waals surface area contributed by atoms with Crippen LogP contribution in [0.2, 0.25) is 10.0 Å². The molecule has 0 aliphatic carbocycles. The molecule has 0 radical (unpaired) electrons. The molecule has 1 fully saturated rings. The van der Waals surface area contributed by atoms with Crippen LogP contribution in [-0.4, -0.2) is 23.9 Å². The van der Waals surface area contributed by atoms with E-state index in [1.54, 1.807) is 6.07 Å². The van der Waals surface area contributed by atoms with Gasteiger partial charge in [-0.15, -0.1) is 11.3 Å². The molecule has 0 bridgehead atoms. The number of nitrogens with zero attached hydrogens (tertiary/aromatic N) is 1. The van der Waals surface area contributed by atoms with E-state index in [9.17, 15) is 4.79 Å². The fourth-order valence-electron chi connectivity index (χ4n) is 2.53. The number of likely N-dealkylation sites (tertiary alicyclic amines) is 1. The van der Waals surface area contributed by atoms with Crippen molar-refractivity contribution in [1.82, 2.24) is 4.90 Å². The number of halogens is 2. The molecular weight excluding hydrogens is 313 g/mol. The number of fused-ring (bicyclic) bond motifs is 1. The van der Waals surface area contributed by atoms with E-state index in [0.29, 0.717) is 20.8 Å². The molecule has 3 rings (SSSR count). The summed E-state index contributed by atoms with van der Waals surface area (Å²) >= 11 is 13.8. The Balaban J connectivity index is 1.93. The Hall–Kier alpha value is -0.770. The van der Waals surface area contributed by atoms with Crippen LogP contribution in [0.15, 0.2) is 18.2 Å². The van der Waals surface area contributed by atoms with E-state index in [1.165, 1.54) is 11.3 Å². The minimum Gasteiger partial charge on any atom is -0.338 e. The Morgan fingerprint density at radius 1 is 1.30 bits per heavy atom. The van der Waals surface area contributed by atoms with Gasteiger partial charge >= 0.3 is 0 Å². The van der Waals surface area contributed by atoms with Gasteiger partial charge in [0.2, 0.25) is 0 Å². The molecule has 2 aromatic rings. The van der Waals surface area contributed by atoms with Crippen molar-refractivity contribution in [1.29, 1.82) is 0 Å². The van der Waals surface area contributed by atoms with Gasteiger partial charge in [0.15, 0.2) is 0 Å². The van der Waals surface area contributed by atoms with Crippen molar-refractivity contribution in [2.45, 2.75) is 19.8 Å². The van der Waals surface area contributed by atoms with Crippen LogP contribution in [-0.2, 0) is 0 Å². The Morgan fingerprint density at radius 3 is 2.70 bits per heavy atom. The summed E-state index contributed by atoms with van der Waals surface area (Å²) < 4.78 is 0.969. The first-order valence-electron chi connectivity index (χ1n) is 6.73. The Bertz CT molecular complexity index is 659. The van der Waals surface area contributed by atoms with E-state index in [2.05, 4.69) is 6.92 Å². The number of piperidine rings is 1. The number of hydrogen-bond acceptors (Lipinski definition) is 2. The summed E-state index contributed by atoms with van der Waals surface area (Å²) in [5.74, 6) is 0.759. The lowest BCUT2D eigenvalue weighted by Gasteiger charge is -2.30. The van der Waals surface area contributed by atoms with Gasteiger partial charge in [0.25, 0.3) is 5.91 Å². The zero-order chi connectivity index (χ0) is 14.3. The molecule has 2 nitrogen and oxygen atoms in total. The predicted molar refractivity (Wildman–Crippen MR) is 86.1 cm³/mol. The smallest absolute Gasteiger partial charge is 0.265 e. The average molecular weight is 328 g/mol. The second-order valence-corrected chi connectivity index (χ2v) is 7.23. The van der Waals surface area contributed by atoms with E-state index in [-0.39, 0.29) is 5.91 Å². The van der Waals surface area contributed by atoms with E-state index in [4.69, 9.17) is 23.2 Å². The molecule has 0 unspecified atom stereocenters. The molecule has 0 saturated carbocycles. The molecule has 0 N–H and O–H groups in total. The van der Waals surface area contributed by atoms with Crippen LogP contribution in [0, 0.1) is 5.92 Å². The normalized spacial score (nSPS) is 16.9. The first-order valence-corrected chi connectivity index (χ1v) is 8.30. The zero-order valence-corrected chi connectivity index (χ0v) is 13.5. The first kappa shape index (κ1) is 14.2. The van der Waals surface area contributed by atoms with Crippen molar-refractivity contribution in [2.24, 2.45) is 5.92 Å². The third-order valence-corrected chi connectivity index (χ3v) is 5.74. The Labute approximate surface area is 132 Å². The van der Waals surface area contributed by atoms with Crippen molar-refractivity contribution < 1.29 is 4.79 Å². The van der Waals surface area contributed by atoms with Crippen molar-refractivity contribution in [3.8, 4) is 0 Å². The molecule has 5 heteroatoms. The van der Waals surface area contributed by atoms with Crippen LogP contribution in [0.1, 0.15) is 29.4 Å². The van der Waals surface area contributed by atoms with Crippen molar-refractivity contribution in [3.05, 3.63) is 33.1 Å². The maximum Gasteiger partial charge on any atom is 0.265 e. The van der Waals surface area contributed by atoms with Crippen molar-refractivity contribution >= 4 is 50.5 Å². The fourth-order valence-corrected chi connectivity index (χ4v) is 4.29. The largest absolute Gasteiger partial charge is 0.338 e. The molecule has 1 aromatic carbocycles. The number of benzene rings is 1. The molecule has 1 aliphatic heterocycles. The predicted octanol–water partition coefficient (Wildman–Crippen LogP) is 5.08. The number of amides is 1. The summed E-state index contributed by atoms with van der Waals surface area (Å²) in [7, 11) is 0. The fraction of sp³-hybridized carbons (Fsp3) is 0.400. The highest BCUT2D eigenvalue weighted by molar-refractivity contribution is 7.21. The second-order valence-electron chi connectivity index (χ2n) is 5.36. The van der Waals surface area contributed by atoms with Crippen LogP contribution >= 0.6 is 34.5 Å². The summed E-state index contributed by atoms with van der Waals surface area (Å²) in [6.07, 6.45) is 2.14. The third-order valence-electron chi connectivity index (χ3n) is 3.86. The van der Waals surface area contributed by atoms with Crippen LogP contribution in [0.3, 0.4) is 0 Å². The van der Waals surface area contributed by atoms with E-state index in [0.717, 1.165) is 36.0 Å². The number of thiophene rings is 1. The van der Waals surface area contributed by atoms with E-state index < -0.39 is 0 Å². The summed E-state index contributed by atoms with van der Waals surface area (Å²) in [6.45, 7) is 3.88. The number of hydrogen-bond donors (Lipinski definition) is 0. The zero-order valence-electron chi connectivity index (χ0n) is 11.2. The second kappa shape index (κ2) is 5.55. The van der Waals surface area contributed by atoms with E-state index >= 15 is 0 Å². The number of carbonyl (C=O) groups excluding carboxylic acids is 1. The van der Waals surface area contributed by atoms with Crippen LogP contribution < -0.4 is 0 Å². The summed E-state index contributed by atoms with van der Waals surface area (Å²) in [5.41, 5.74) is 0. The van der Waals surface area contributed by atoms with Crippen LogP contribution in [0.4, 0.5) is 0 Å². The van der Waals surface area contributed by atoms with Gasteiger partial charge in [-0.1, -0.05) is 36.2 Å². The van der Waals surface area contributed by atoms with Gasteiger partial charge in [0.1, 0.15) is 4.88 Å². The maximum absolute atomic E-state index is 12.6. The maximum atomic E-state index is 12.6. The first-order chi connectivity index (χ1) is 9.56. The summed E-state index contributed by atoms with van der Waals surface area (Å²) in [4.78, 5) is 15.2. The lowest BCUT2D eigenvalue weighted by Crippen LogP contribution is -2.37. The molecule has 1 saturated heterocycles. The highest BCUT2D eigenvalue weighted by Gasteiger charge is 2.25. The van der Waals surface area contributed by atoms with Crippen LogP contribution in [0.5, 0.6) is 0 Å². The molecule has 0 atom stereocenters. The lowest BCUT2D eigenvalue weighted by atomic mass is 9.99. The molecule has 1 amide bonds. The summed E-state index contributed by atoms with van der Waals surface area (Å²) in [5, 5.41) is 2.14. The van der Waals surface area contributed by atoms with Gasteiger partial charge in [0.05, 0.1) is 5.02 Å². The average Bonchev–Trinajstić information content (AvgIpc) is 2.75. The number of carbonyl (C=O) groups is 1. The van der Waals surface area contributed by atoms with E-state index in [1.807, 2.05) is 17.0 Å². The highest BCUT2D eigenvalue weighted by atomic mass is 35.5. The topological polar surface area (TPSA) is 20.3 Å². The van der Waals surface area contributed by atoms with Crippen molar-refractivity contribution in [2.75, 3.05) is 13.1 Å². The molecule has 1 aliphatic rings. The minimum atomic E-state index is 0.0548. The Kier molecular flexibility index (Phi) is 3.93. The van der Waals surface area contributed by atoms with Gasteiger partial charge in [-0.3, -0.25) is 4.79 Å². The standard InChI is InChI=1S/C15H15Cl2NOS/c1-9-4-6-18(7-5-9)15(19)14-13(17)11-3-2-10(16)8-12(11)20-14/h2-3,8-9H,4-7H2,1H3. The Morgan fingerprint density at radius 2 is 2.00 bits per heavy atom. The van der Waals surface area contributed by atoms with Gasteiger partial charge in [-0.2, -0.15) is 0 Å².